The summed E-state index contributed by atoms with van der Waals surface area (Å²) in [5.41, 5.74) is 1.79. The summed E-state index contributed by atoms with van der Waals surface area (Å²) in [7, 11) is 0. The molecule has 0 radical (unpaired) electrons. The van der Waals surface area contributed by atoms with Gasteiger partial charge in [-0.2, -0.15) is 0 Å². The Balaban J connectivity index is 1.61. The summed E-state index contributed by atoms with van der Waals surface area (Å²) in [5.74, 6) is 1.77. The van der Waals surface area contributed by atoms with E-state index in [9.17, 15) is 0 Å². The lowest BCUT2D eigenvalue weighted by atomic mass is 10.0. The van der Waals surface area contributed by atoms with Crippen LogP contribution in [0.15, 0.2) is 30.5 Å². The number of anilines is 2. The first-order valence-electron chi connectivity index (χ1n) is 10.3. The van der Waals surface area contributed by atoms with Gasteiger partial charge in [0.15, 0.2) is 5.82 Å². The van der Waals surface area contributed by atoms with Crippen molar-refractivity contribution < 1.29 is 0 Å². The monoisotopic (exact) mass is 427 g/mol. The molecule has 1 aromatic carbocycles. The van der Waals surface area contributed by atoms with Gasteiger partial charge in [0.05, 0.1) is 10.0 Å². The van der Waals surface area contributed by atoms with Gasteiger partial charge in [-0.1, -0.05) is 36.0 Å². The van der Waals surface area contributed by atoms with Crippen LogP contribution in [-0.4, -0.2) is 34.3 Å². The highest BCUT2D eigenvalue weighted by atomic mass is 35.5. The molecule has 5 nitrogen and oxygen atoms in total. The molecule has 150 valence electrons. The van der Waals surface area contributed by atoms with Gasteiger partial charge in [-0.05, 0) is 49.9 Å². The summed E-state index contributed by atoms with van der Waals surface area (Å²) in [6.45, 7) is 2.10. The van der Waals surface area contributed by atoms with E-state index in [-0.39, 0.29) is 0 Å². The summed E-state index contributed by atoms with van der Waals surface area (Å²) < 4.78 is 0. The number of pyridine rings is 1. The number of hydrogen-bond acceptors (Lipinski definition) is 5. The first kappa shape index (κ1) is 18.9. The van der Waals surface area contributed by atoms with Crippen LogP contribution in [0.1, 0.15) is 38.5 Å². The molecule has 1 saturated heterocycles. The van der Waals surface area contributed by atoms with Gasteiger partial charge >= 0.3 is 0 Å². The van der Waals surface area contributed by atoms with Crippen LogP contribution in [0.3, 0.4) is 0 Å². The first-order valence-corrected chi connectivity index (χ1v) is 11.1. The van der Waals surface area contributed by atoms with Gasteiger partial charge in [0, 0.05) is 41.7 Å². The first-order chi connectivity index (χ1) is 14.2. The van der Waals surface area contributed by atoms with Crippen LogP contribution in [0.5, 0.6) is 0 Å². The number of aromatic nitrogens is 3. The molecule has 2 aromatic heterocycles. The largest absolute Gasteiger partial charge is 0.365 e. The SMILES string of the molecule is Clc1cc2c(NC3CCCC3)nnc(-c3ccnc(N4CCCC4)c3)c2cc1Cl. The van der Waals surface area contributed by atoms with Gasteiger partial charge < -0.3 is 10.2 Å². The Labute approximate surface area is 180 Å². The van der Waals surface area contributed by atoms with Crippen molar-refractivity contribution in [3.8, 4) is 11.3 Å². The summed E-state index contributed by atoms with van der Waals surface area (Å²) in [5, 5.41) is 15.7. The molecule has 0 amide bonds. The van der Waals surface area contributed by atoms with Crippen LogP contribution in [-0.2, 0) is 0 Å². The highest BCUT2D eigenvalue weighted by Gasteiger charge is 2.20. The Kier molecular flexibility index (Phi) is 5.18. The standard InChI is InChI=1S/C22H23Cl2N5/c23-18-12-16-17(13-19(18)24)22(26-15-5-1-2-6-15)28-27-21(16)14-7-8-25-20(11-14)29-9-3-4-10-29/h7-8,11-13,15H,1-6,9-10H2,(H,26,28). The van der Waals surface area contributed by atoms with E-state index in [1.54, 1.807) is 0 Å². The Morgan fingerprint density at radius 2 is 1.62 bits per heavy atom. The molecular formula is C22H23Cl2N5. The fourth-order valence-corrected chi connectivity index (χ4v) is 4.74. The van der Waals surface area contributed by atoms with Gasteiger partial charge in [0.1, 0.15) is 11.5 Å². The second kappa shape index (κ2) is 7.96. The molecule has 5 rings (SSSR count). The van der Waals surface area contributed by atoms with Gasteiger partial charge in [-0.25, -0.2) is 4.98 Å². The maximum Gasteiger partial charge on any atom is 0.156 e. The summed E-state index contributed by atoms with van der Waals surface area (Å²) >= 11 is 12.7. The fourth-order valence-electron chi connectivity index (χ4n) is 4.41. The summed E-state index contributed by atoms with van der Waals surface area (Å²) in [6, 6.07) is 8.32. The Hall–Kier alpha value is -2.11. The van der Waals surface area contributed by atoms with E-state index < -0.39 is 0 Å². The molecule has 1 aliphatic heterocycles. The van der Waals surface area contributed by atoms with Gasteiger partial charge in [-0.3, -0.25) is 0 Å². The maximum absolute atomic E-state index is 6.38. The van der Waals surface area contributed by atoms with E-state index in [4.69, 9.17) is 23.2 Å². The van der Waals surface area contributed by atoms with Crippen molar-refractivity contribution in [1.82, 2.24) is 15.2 Å². The minimum atomic E-state index is 0.440. The van der Waals surface area contributed by atoms with E-state index in [0.29, 0.717) is 16.1 Å². The van der Waals surface area contributed by atoms with Gasteiger partial charge in [-0.15, -0.1) is 10.2 Å². The van der Waals surface area contributed by atoms with E-state index >= 15 is 0 Å². The predicted octanol–water partition coefficient (Wildman–Crippen LogP) is 5.95. The number of nitrogens with one attached hydrogen (secondary N) is 1. The molecule has 3 heterocycles. The molecule has 1 saturated carbocycles. The molecule has 0 bridgehead atoms. The zero-order valence-electron chi connectivity index (χ0n) is 16.2. The van der Waals surface area contributed by atoms with Crippen LogP contribution in [0.4, 0.5) is 11.6 Å². The molecule has 3 aromatic rings. The van der Waals surface area contributed by atoms with Crippen molar-refractivity contribution in [1.29, 1.82) is 0 Å². The van der Waals surface area contributed by atoms with Crippen molar-refractivity contribution in [2.45, 2.75) is 44.6 Å². The molecule has 0 unspecified atom stereocenters. The molecule has 2 fully saturated rings. The topological polar surface area (TPSA) is 53.9 Å². The number of nitrogens with zero attached hydrogens (tertiary/aromatic N) is 4. The molecular weight excluding hydrogens is 405 g/mol. The molecule has 0 atom stereocenters. The third-order valence-corrected chi connectivity index (χ3v) is 6.69. The quantitative estimate of drug-likeness (QED) is 0.556. The van der Waals surface area contributed by atoms with Crippen molar-refractivity contribution in [3.63, 3.8) is 0 Å². The second-order valence-corrected chi connectivity index (χ2v) is 8.75. The lowest BCUT2D eigenvalue weighted by Gasteiger charge is -2.18. The van der Waals surface area contributed by atoms with Crippen molar-refractivity contribution in [2.24, 2.45) is 0 Å². The lowest BCUT2D eigenvalue weighted by molar-refractivity contribution is 0.748. The molecule has 7 heteroatoms. The fraction of sp³-hybridized carbons (Fsp3) is 0.409. The number of hydrogen-bond donors (Lipinski definition) is 1. The maximum atomic E-state index is 6.38. The van der Waals surface area contributed by atoms with E-state index in [1.807, 2.05) is 24.4 Å². The van der Waals surface area contributed by atoms with Crippen molar-refractivity contribution in [3.05, 3.63) is 40.5 Å². The van der Waals surface area contributed by atoms with E-state index in [0.717, 1.165) is 59.6 Å². The van der Waals surface area contributed by atoms with Crippen molar-refractivity contribution >= 4 is 45.6 Å². The molecule has 29 heavy (non-hydrogen) atoms. The molecule has 1 aliphatic carbocycles. The third-order valence-electron chi connectivity index (χ3n) is 5.97. The number of benzene rings is 1. The average molecular weight is 428 g/mol. The normalized spacial score (nSPS) is 17.4. The molecule has 0 spiro atoms. The lowest BCUT2D eigenvalue weighted by Crippen LogP contribution is -2.18. The van der Waals surface area contributed by atoms with Crippen LogP contribution in [0, 0.1) is 0 Å². The summed E-state index contributed by atoms with van der Waals surface area (Å²) in [4.78, 5) is 6.88. The number of halogens is 2. The number of fused-ring (bicyclic) bond motifs is 1. The van der Waals surface area contributed by atoms with Crippen molar-refractivity contribution in [2.75, 3.05) is 23.3 Å². The highest BCUT2D eigenvalue weighted by molar-refractivity contribution is 6.43. The summed E-state index contributed by atoms with van der Waals surface area (Å²) in [6.07, 6.45) is 9.10. The minimum absolute atomic E-state index is 0.440. The van der Waals surface area contributed by atoms with E-state index in [1.165, 1.54) is 25.7 Å². The van der Waals surface area contributed by atoms with E-state index in [2.05, 4.69) is 31.5 Å². The van der Waals surface area contributed by atoms with Gasteiger partial charge in [0.2, 0.25) is 0 Å². The Bertz CT molecular complexity index is 1040. The number of rotatable bonds is 4. The average Bonchev–Trinajstić information content (AvgIpc) is 3.44. The smallest absolute Gasteiger partial charge is 0.156 e. The van der Waals surface area contributed by atoms with Crippen LogP contribution >= 0.6 is 23.2 Å². The molecule has 1 N–H and O–H groups in total. The Morgan fingerprint density at radius 3 is 2.38 bits per heavy atom. The van der Waals surface area contributed by atoms with Gasteiger partial charge in [0.25, 0.3) is 0 Å². The van der Waals surface area contributed by atoms with Crippen LogP contribution in [0.2, 0.25) is 10.0 Å². The zero-order valence-corrected chi connectivity index (χ0v) is 17.7. The van der Waals surface area contributed by atoms with Crippen LogP contribution < -0.4 is 10.2 Å². The Morgan fingerprint density at radius 1 is 0.897 bits per heavy atom. The minimum Gasteiger partial charge on any atom is -0.365 e. The second-order valence-electron chi connectivity index (χ2n) is 7.93. The molecule has 2 aliphatic rings. The highest BCUT2D eigenvalue weighted by Crippen LogP contribution is 2.37. The third kappa shape index (κ3) is 3.74. The van der Waals surface area contributed by atoms with Crippen LogP contribution in [0.25, 0.3) is 22.0 Å². The zero-order chi connectivity index (χ0) is 19.8. The predicted molar refractivity (Wildman–Crippen MR) is 120 cm³/mol.